The molecule has 3 rings (SSSR count). The number of hydrogen-bond acceptors (Lipinski definition) is 7. The zero-order valence-corrected chi connectivity index (χ0v) is 20.0. The Balaban J connectivity index is 1.30. The Kier molecular flexibility index (Phi) is 9.86. The van der Waals surface area contributed by atoms with Gasteiger partial charge in [0, 0.05) is 19.0 Å². The first-order valence-electron chi connectivity index (χ1n) is 11.7. The zero-order chi connectivity index (χ0) is 24.4. The molecule has 1 unspecified atom stereocenters. The molecule has 8 nitrogen and oxygen atoms in total. The molecule has 1 aliphatic rings. The first-order valence-corrected chi connectivity index (χ1v) is 11.7. The lowest BCUT2D eigenvalue weighted by atomic mass is 9.98. The lowest BCUT2D eigenvalue weighted by molar-refractivity contribution is -0.169. The van der Waals surface area contributed by atoms with E-state index in [0.29, 0.717) is 32.8 Å². The van der Waals surface area contributed by atoms with Crippen molar-refractivity contribution in [3.05, 3.63) is 59.7 Å². The Morgan fingerprint density at radius 2 is 1.65 bits per heavy atom. The van der Waals surface area contributed by atoms with Gasteiger partial charge in [-0.3, -0.25) is 0 Å². The molecular weight excluding hydrogens is 436 g/mol. The van der Waals surface area contributed by atoms with Crippen LogP contribution in [0.15, 0.2) is 48.5 Å². The second-order valence-corrected chi connectivity index (χ2v) is 8.77. The second kappa shape index (κ2) is 12.8. The number of carbonyl (C=O) groups excluding carboxylic acids is 1. The van der Waals surface area contributed by atoms with E-state index in [0.717, 1.165) is 6.42 Å². The van der Waals surface area contributed by atoms with Crippen LogP contribution in [0.25, 0.3) is 11.1 Å². The number of fused-ring (bicyclic) bond motifs is 3. The highest BCUT2D eigenvalue weighted by Gasteiger charge is 2.31. The minimum absolute atomic E-state index is 0.0530. The molecular formula is C26H36N2O6. The highest BCUT2D eigenvalue weighted by molar-refractivity contribution is 5.79. The van der Waals surface area contributed by atoms with E-state index in [9.17, 15) is 9.90 Å². The van der Waals surface area contributed by atoms with Crippen molar-refractivity contribution in [2.45, 2.75) is 37.9 Å². The Morgan fingerprint density at radius 3 is 2.26 bits per heavy atom. The van der Waals surface area contributed by atoms with Crippen LogP contribution in [0.3, 0.4) is 0 Å². The Hall–Kier alpha value is -2.49. The van der Waals surface area contributed by atoms with Crippen molar-refractivity contribution in [2.75, 3.05) is 46.2 Å². The van der Waals surface area contributed by atoms with Gasteiger partial charge in [0.2, 0.25) is 0 Å². The molecule has 0 aromatic heterocycles. The quantitative estimate of drug-likeness (QED) is 0.247. The van der Waals surface area contributed by atoms with E-state index in [1.807, 2.05) is 38.1 Å². The molecule has 0 fully saturated rings. The van der Waals surface area contributed by atoms with E-state index in [1.54, 1.807) is 0 Å². The maximum Gasteiger partial charge on any atom is 0.407 e. The van der Waals surface area contributed by atoms with Gasteiger partial charge in [-0.1, -0.05) is 48.5 Å². The van der Waals surface area contributed by atoms with Gasteiger partial charge in [0.25, 0.3) is 0 Å². The molecule has 1 aliphatic carbocycles. The number of nitrogens with one attached hydrogen (secondary N) is 2. The molecule has 0 saturated heterocycles. The molecule has 8 heteroatoms. The minimum atomic E-state index is -0.717. The Labute approximate surface area is 201 Å². The number of aliphatic hydroxyl groups is 2. The first-order chi connectivity index (χ1) is 16.5. The Morgan fingerprint density at radius 1 is 1.00 bits per heavy atom. The lowest BCUT2D eigenvalue weighted by Crippen LogP contribution is -2.44. The van der Waals surface area contributed by atoms with Crippen LogP contribution in [0.2, 0.25) is 0 Å². The molecule has 0 bridgehead atoms. The van der Waals surface area contributed by atoms with Crippen molar-refractivity contribution < 1.29 is 29.2 Å². The first kappa shape index (κ1) is 26.1. The number of amides is 1. The van der Waals surface area contributed by atoms with Gasteiger partial charge < -0.3 is 35.1 Å². The number of rotatable bonds is 14. The van der Waals surface area contributed by atoms with Gasteiger partial charge in [-0.15, -0.1) is 0 Å². The summed E-state index contributed by atoms with van der Waals surface area (Å²) in [4.78, 5) is 12.2. The van der Waals surface area contributed by atoms with Crippen molar-refractivity contribution in [3.8, 4) is 11.1 Å². The van der Waals surface area contributed by atoms with Crippen LogP contribution in [0.4, 0.5) is 4.79 Å². The van der Waals surface area contributed by atoms with Crippen LogP contribution < -0.4 is 10.6 Å². The number of carbonyl (C=O) groups is 1. The molecule has 0 saturated carbocycles. The summed E-state index contributed by atoms with van der Waals surface area (Å²) in [6, 6.07) is 16.5. The molecule has 0 spiro atoms. The van der Waals surface area contributed by atoms with Gasteiger partial charge in [-0.2, -0.15) is 0 Å². The third-order valence-corrected chi connectivity index (χ3v) is 6.11. The topological polar surface area (TPSA) is 109 Å². The molecule has 0 heterocycles. The highest BCUT2D eigenvalue weighted by atomic mass is 16.6. The third kappa shape index (κ3) is 6.77. The minimum Gasteiger partial charge on any atom is -0.449 e. The normalized spacial score (nSPS) is 13.9. The lowest BCUT2D eigenvalue weighted by Gasteiger charge is -2.32. The largest absolute Gasteiger partial charge is 0.449 e. The summed E-state index contributed by atoms with van der Waals surface area (Å²) in [7, 11) is 0. The van der Waals surface area contributed by atoms with Crippen molar-refractivity contribution in [1.82, 2.24) is 10.6 Å². The standard InChI is InChI=1S/C26H36N2O6/c1-26(2,24(16-29)33-18-30)34-15-14-27-12-7-13-28-25(31)32-17-23-21-10-5-3-8-19(21)20-9-4-6-11-22(20)23/h3-6,8-11,23-24,27,29-30H,7,12-18H2,1-2H3,(H,28,31). The summed E-state index contributed by atoms with van der Waals surface area (Å²) in [6.45, 7) is 5.49. The molecule has 2 aromatic carbocycles. The summed E-state index contributed by atoms with van der Waals surface area (Å²) < 4.78 is 16.4. The summed E-state index contributed by atoms with van der Waals surface area (Å²) in [5.74, 6) is 0.0530. The van der Waals surface area contributed by atoms with Crippen LogP contribution >= 0.6 is 0 Å². The second-order valence-electron chi connectivity index (χ2n) is 8.77. The molecule has 1 amide bonds. The summed E-state index contributed by atoms with van der Waals surface area (Å²) >= 11 is 0. The van der Waals surface area contributed by atoms with E-state index in [1.165, 1.54) is 22.3 Å². The smallest absolute Gasteiger partial charge is 0.407 e. The highest BCUT2D eigenvalue weighted by Crippen LogP contribution is 2.44. The van der Waals surface area contributed by atoms with E-state index in [4.69, 9.17) is 19.3 Å². The van der Waals surface area contributed by atoms with Crippen LogP contribution in [0.1, 0.15) is 37.3 Å². The molecule has 2 aromatic rings. The predicted octanol–water partition coefficient (Wildman–Crippen LogP) is 2.63. The summed E-state index contributed by atoms with van der Waals surface area (Å²) in [6.07, 6.45) is -0.259. The van der Waals surface area contributed by atoms with Gasteiger partial charge >= 0.3 is 6.09 Å². The van der Waals surface area contributed by atoms with Crippen molar-refractivity contribution in [2.24, 2.45) is 0 Å². The number of ether oxygens (including phenoxy) is 3. The van der Waals surface area contributed by atoms with E-state index in [-0.39, 0.29) is 12.5 Å². The van der Waals surface area contributed by atoms with Gasteiger partial charge in [0.05, 0.1) is 18.8 Å². The SMILES string of the molecule is CC(C)(OCCNCCCNC(=O)OCC1c2ccccc2-c2ccccc21)C(CO)OCO. The fourth-order valence-electron chi connectivity index (χ4n) is 4.22. The van der Waals surface area contributed by atoms with Crippen LogP contribution in [0.5, 0.6) is 0 Å². The zero-order valence-electron chi connectivity index (χ0n) is 20.0. The molecule has 0 radical (unpaired) electrons. The fourth-order valence-corrected chi connectivity index (χ4v) is 4.22. The number of alkyl carbamates (subject to hydrolysis) is 1. The molecule has 186 valence electrons. The number of hydrogen-bond donors (Lipinski definition) is 4. The number of benzene rings is 2. The van der Waals surface area contributed by atoms with Gasteiger partial charge in [0.15, 0.2) is 0 Å². The van der Waals surface area contributed by atoms with Crippen molar-refractivity contribution in [3.63, 3.8) is 0 Å². The van der Waals surface area contributed by atoms with Gasteiger partial charge in [-0.25, -0.2) is 4.79 Å². The molecule has 4 N–H and O–H groups in total. The van der Waals surface area contributed by atoms with Crippen LogP contribution in [-0.2, 0) is 14.2 Å². The average molecular weight is 473 g/mol. The fraction of sp³-hybridized carbons (Fsp3) is 0.500. The van der Waals surface area contributed by atoms with Crippen molar-refractivity contribution >= 4 is 6.09 Å². The Bertz CT molecular complexity index is 874. The molecule has 0 aliphatic heterocycles. The number of aliphatic hydroxyl groups excluding tert-OH is 2. The monoisotopic (exact) mass is 472 g/mol. The maximum atomic E-state index is 12.2. The van der Waals surface area contributed by atoms with E-state index < -0.39 is 24.6 Å². The van der Waals surface area contributed by atoms with Crippen LogP contribution in [-0.4, -0.2) is 74.3 Å². The van der Waals surface area contributed by atoms with Gasteiger partial charge in [0.1, 0.15) is 19.5 Å². The third-order valence-electron chi connectivity index (χ3n) is 6.11. The average Bonchev–Trinajstić information content (AvgIpc) is 3.16. The van der Waals surface area contributed by atoms with E-state index in [2.05, 4.69) is 34.9 Å². The molecule has 1 atom stereocenters. The van der Waals surface area contributed by atoms with Crippen molar-refractivity contribution in [1.29, 1.82) is 0 Å². The summed E-state index contributed by atoms with van der Waals surface area (Å²) in [5.41, 5.74) is 4.08. The van der Waals surface area contributed by atoms with Crippen LogP contribution in [0, 0.1) is 0 Å². The van der Waals surface area contributed by atoms with Gasteiger partial charge in [-0.05, 0) is 49.1 Å². The molecule has 34 heavy (non-hydrogen) atoms. The summed E-state index contributed by atoms with van der Waals surface area (Å²) in [5, 5.41) is 24.3. The van der Waals surface area contributed by atoms with E-state index >= 15 is 0 Å². The predicted molar refractivity (Wildman–Crippen MR) is 130 cm³/mol. The maximum absolute atomic E-state index is 12.2.